The van der Waals surface area contributed by atoms with E-state index in [9.17, 15) is 13.5 Å². The van der Waals surface area contributed by atoms with Crippen LogP contribution >= 0.6 is 0 Å². The number of benzene rings is 1. The predicted molar refractivity (Wildman–Crippen MR) is 74.5 cm³/mol. The minimum absolute atomic E-state index is 0.00619. The van der Waals surface area contributed by atoms with E-state index in [1.165, 1.54) is 35.7 Å². The number of aromatic hydroxyl groups is 1. The predicted octanol–water partition coefficient (Wildman–Crippen LogP) is 2.59. The molecule has 1 aromatic rings. The summed E-state index contributed by atoms with van der Waals surface area (Å²) in [4.78, 5) is -0.00619. The molecule has 0 unspecified atom stereocenters. The quantitative estimate of drug-likeness (QED) is 0.924. The zero-order valence-corrected chi connectivity index (χ0v) is 12.1. The maximum Gasteiger partial charge on any atom is 0.246 e. The van der Waals surface area contributed by atoms with Gasteiger partial charge in [0.25, 0.3) is 0 Å². The highest BCUT2D eigenvalue weighted by atomic mass is 32.2. The van der Waals surface area contributed by atoms with Gasteiger partial charge in [-0.3, -0.25) is 0 Å². The Kier molecular flexibility index (Phi) is 4.47. The van der Waals surface area contributed by atoms with E-state index >= 15 is 0 Å². The zero-order valence-electron chi connectivity index (χ0n) is 11.2. The number of sulfonamides is 1. The van der Waals surface area contributed by atoms with E-state index in [0.29, 0.717) is 12.5 Å². The Hall–Kier alpha value is -1.07. The van der Waals surface area contributed by atoms with Crippen molar-refractivity contribution in [2.24, 2.45) is 5.92 Å². The maximum atomic E-state index is 12.4. The second-order valence-corrected chi connectivity index (χ2v) is 7.27. The Balaban J connectivity index is 2.13. The van der Waals surface area contributed by atoms with E-state index < -0.39 is 10.0 Å². The molecule has 0 heterocycles. The average Bonchev–Trinajstić information content (AvgIpc) is 2.40. The highest BCUT2D eigenvalue weighted by molar-refractivity contribution is 7.89. The third kappa shape index (κ3) is 3.28. The zero-order chi connectivity index (χ0) is 13.9. The number of hydrogen-bond donors (Lipinski definition) is 1. The van der Waals surface area contributed by atoms with Crippen LogP contribution in [-0.2, 0) is 10.0 Å². The van der Waals surface area contributed by atoms with Crippen LogP contribution < -0.4 is 0 Å². The van der Waals surface area contributed by atoms with E-state index in [4.69, 9.17) is 0 Å². The summed E-state index contributed by atoms with van der Waals surface area (Å²) in [5.74, 6) is 0.261. The molecule has 1 saturated carbocycles. The molecule has 0 aromatic heterocycles. The summed E-state index contributed by atoms with van der Waals surface area (Å²) in [6.45, 7) is 0.538. The largest absolute Gasteiger partial charge is 0.507 e. The summed E-state index contributed by atoms with van der Waals surface area (Å²) in [7, 11) is -1.99. The molecule has 2 rings (SSSR count). The molecule has 0 bridgehead atoms. The third-order valence-electron chi connectivity index (χ3n) is 3.79. The van der Waals surface area contributed by atoms with Crippen LogP contribution in [-0.4, -0.2) is 31.4 Å². The highest BCUT2D eigenvalue weighted by Gasteiger charge is 2.26. The molecule has 1 aromatic carbocycles. The van der Waals surface area contributed by atoms with Crippen molar-refractivity contribution < 1.29 is 13.5 Å². The summed E-state index contributed by atoms with van der Waals surface area (Å²) >= 11 is 0. The van der Waals surface area contributed by atoms with E-state index in [2.05, 4.69) is 0 Å². The average molecular weight is 283 g/mol. The van der Waals surface area contributed by atoms with Gasteiger partial charge in [0.05, 0.1) is 0 Å². The van der Waals surface area contributed by atoms with E-state index in [1.54, 1.807) is 19.2 Å². The normalized spacial score (nSPS) is 17.8. The van der Waals surface area contributed by atoms with Crippen molar-refractivity contribution in [3.8, 4) is 5.75 Å². The Morgan fingerprint density at radius 1 is 1.21 bits per heavy atom. The number of para-hydroxylation sites is 1. The summed E-state index contributed by atoms with van der Waals surface area (Å²) in [6, 6.07) is 6.10. The minimum Gasteiger partial charge on any atom is -0.507 e. The van der Waals surface area contributed by atoms with Gasteiger partial charge in [0, 0.05) is 13.6 Å². The van der Waals surface area contributed by atoms with Crippen molar-refractivity contribution in [3.63, 3.8) is 0 Å². The summed E-state index contributed by atoms with van der Waals surface area (Å²) in [5.41, 5.74) is 0. The Labute approximate surface area is 115 Å². The molecule has 0 spiro atoms. The monoisotopic (exact) mass is 283 g/mol. The number of phenols is 1. The van der Waals surface area contributed by atoms with Gasteiger partial charge in [0.1, 0.15) is 10.6 Å². The van der Waals surface area contributed by atoms with Crippen molar-refractivity contribution in [2.45, 2.75) is 37.0 Å². The van der Waals surface area contributed by atoms with Gasteiger partial charge < -0.3 is 5.11 Å². The first-order chi connectivity index (χ1) is 9.01. The molecule has 0 amide bonds. The van der Waals surface area contributed by atoms with Crippen molar-refractivity contribution >= 4 is 10.0 Å². The molecule has 1 aliphatic carbocycles. The molecule has 1 N–H and O–H groups in total. The Bertz CT molecular complexity index is 521. The summed E-state index contributed by atoms with van der Waals surface area (Å²) in [6.07, 6.45) is 5.83. The van der Waals surface area contributed by atoms with Crippen LogP contribution in [0.4, 0.5) is 0 Å². The fourth-order valence-electron chi connectivity index (χ4n) is 2.67. The second kappa shape index (κ2) is 5.92. The molecule has 0 atom stereocenters. The molecule has 0 aliphatic heterocycles. The molecular formula is C14H21NO3S. The van der Waals surface area contributed by atoms with Crippen LogP contribution in [0.2, 0.25) is 0 Å². The lowest BCUT2D eigenvalue weighted by Gasteiger charge is -2.26. The van der Waals surface area contributed by atoms with Crippen molar-refractivity contribution in [1.82, 2.24) is 4.31 Å². The Morgan fingerprint density at radius 3 is 2.47 bits per heavy atom. The first kappa shape index (κ1) is 14.3. The van der Waals surface area contributed by atoms with Crippen LogP contribution in [0.5, 0.6) is 5.75 Å². The molecule has 1 fully saturated rings. The van der Waals surface area contributed by atoms with Gasteiger partial charge in [-0.15, -0.1) is 0 Å². The maximum absolute atomic E-state index is 12.4. The highest BCUT2D eigenvalue weighted by Crippen LogP contribution is 2.28. The fourth-order valence-corrected chi connectivity index (χ4v) is 4.00. The summed E-state index contributed by atoms with van der Waals surface area (Å²) < 4.78 is 26.2. The van der Waals surface area contributed by atoms with Gasteiger partial charge in [-0.25, -0.2) is 12.7 Å². The van der Waals surface area contributed by atoms with Gasteiger partial charge in [0.2, 0.25) is 10.0 Å². The first-order valence-corrected chi connectivity index (χ1v) is 8.20. The second-order valence-electron chi connectivity index (χ2n) is 5.26. The molecule has 4 nitrogen and oxygen atoms in total. The van der Waals surface area contributed by atoms with Crippen molar-refractivity contribution in [2.75, 3.05) is 13.6 Å². The van der Waals surface area contributed by atoms with Crippen LogP contribution in [0.15, 0.2) is 29.2 Å². The summed E-state index contributed by atoms with van der Waals surface area (Å²) in [5, 5.41) is 9.70. The van der Waals surface area contributed by atoms with E-state index in [-0.39, 0.29) is 10.6 Å². The molecule has 106 valence electrons. The van der Waals surface area contributed by atoms with Crippen LogP contribution in [0.3, 0.4) is 0 Å². The molecule has 1 aliphatic rings. The fraction of sp³-hybridized carbons (Fsp3) is 0.571. The number of rotatable bonds is 4. The van der Waals surface area contributed by atoms with Crippen molar-refractivity contribution in [1.29, 1.82) is 0 Å². The lowest BCUT2D eigenvalue weighted by Crippen LogP contribution is -2.32. The van der Waals surface area contributed by atoms with Crippen LogP contribution in [0.1, 0.15) is 32.1 Å². The van der Waals surface area contributed by atoms with E-state index in [0.717, 1.165) is 12.8 Å². The number of nitrogens with zero attached hydrogens (tertiary/aromatic N) is 1. The van der Waals surface area contributed by atoms with Gasteiger partial charge in [-0.1, -0.05) is 31.4 Å². The molecule has 5 heteroatoms. The van der Waals surface area contributed by atoms with Gasteiger partial charge in [-0.2, -0.15) is 0 Å². The van der Waals surface area contributed by atoms with Gasteiger partial charge >= 0.3 is 0 Å². The van der Waals surface area contributed by atoms with Crippen LogP contribution in [0.25, 0.3) is 0 Å². The molecule has 0 radical (unpaired) electrons. The van der Waals surface area contributed by atoms with E-state index in [1.807, 2.05) is 0 Å². The first-order valence-electron chi connectivity index (χ1n) is 6.76. The smallest absolute Gasteiger partial charge is 0.246 e. The third-order valence-corrected chi connectivity index (χ3v) is 5.66. The lowest BCUT2D eigenvalue weighted by molar-refractivity contribution is 0.299. The molecular weight excluding hydrogens is 262 g/mol. The topological polar surface area (TPSA) is 57.6 Å². The number of phenolic OH excluding ortho intramolecular Hbond substituents is 1. The van der Waals surface area contributed by atoms with Gasteiger partial charge in [0.15, 0.2) is 0 Å². The van der Waals surface area contributed by atoms with Gasteiger partial charge in [-0.05, 0) is 30.9 Å². The minimum atomic E-state index is -3.59. The number of hydrogen-bond acceptors (Lipinski definition) is 3. The SMILES string of the molecule is CN(CC1CCCCC1)S(=O)(=O)c1ccccc1O. The van der Waals surface area contributed by atoms with Crippen molar-refractivity contribution in [3.05, 3.63) is 24.3 Å². The lowest BCUT2D eigenvalue weighted by atomic mass is 9.89. The van der Waals surface area contributed by atoms with Crippen LogP contribution in [0, 0.1) is 5.92 Å². The molecule has 19 heavy (non-hydrogen) atoms. The molecule has 0 saturated heterocycles. The standard InChI is InChI=1S/C14H21NO3S/c1-15(11-12-7-3-2-4-8-12)19(17,18)14-10-6-5-9-13(14)16/h5-6,9-10,12,16H,2-4,7-8,11H2,1H3. The Morgan fingerprint density at radius 2 is 1.84 bits per heavy atom.